The Bertz CT molecular complexity index is 1910. The second-order valence-corrected chi connectivity index (χ2v) is 11.4. The van der Waals surface area contributed by atoms with E-state index >= 15 is 0 Å². The Labute approximate surface area is 255 Å². The zero-order valence-corrected chi connectivity index (χ0v) is 25.7. The Kier molecular flexibility index (Phi) is 8.13. The van der Waals surface area contributed by atoms with Gasteiger partial charge in [-0.05, 0) is 76.9 Å². The predicted octanol–water partition coefficient (Wildman–Crippen LogP) is 4.51. The number of carbonyl (C=O) groups excluding carboxylic acids is 2. The van der Waals surface area contributed by atoms with Crippen LogP contribution in [0.2, 0.25) is 0 Å². The molecule has 5 aromatic rings. The fraction of sp³-hybridized carbons (Fsp3) is 0.281. The minimum Gasteiger partial charge on any atom is -0.444 e. The number of likely N-dealkylation sites (N-methyl/N-ethyl adjacent to an activating group) is 1. The number of hydrogen-bond acceptors (Lipinski definition) is 8. The van der Waals surface area contributed by atoms with Crippen molar-refractivity contribution in [2.45, 2.75) is 46.3 Å². The monoisotopic (exact) mass is 591 g/mol. The Hall–Kier alpha value is -5.57. The third kappa shape index (κ3) is 6.73. The molecule has 0 fully saturated rings. The van der Waals surface area contributed by atoms with E-state index in [1.807, 2.05) is 53.6 Å². The number of imidazole rings is 2. The summed E-state index contributed by atoms with van der Waals surface area (Å²) < 4.78 is 9.18. The van der Waals surface area contributed by atoms with Gasteiger partial charge < -0.3 is 19.2 Å². The molecule has 224 valence electrons. The average Bonchev–Trinajstić information content (AvgIpc) is 3.60. The standard InChI is InChI=1S/C32H33N9O3/c1-20-16-41(19-35-20)25-12-9-22(10-13-25)8-11-24-14-23(27-28-29(34-17-33-27)36-18-39(28)6)15-26(37-24)38-30(42)21(2)40(7)31(43)44-32(3,4)5/h9-10,12-19,21H,1-7H3,(H,37,38,42). The zero-order valence-electron chi connectivity index (χ0n) is 25.7. The molecule has 0 saturated carbocycles. The van der Waals surface area contributed by atoms with E-state index in [4.69, 9.17) is 4.74 Å². The summed E-state index contributed by atoms with van der Waals surface area (Å²) in [5, 5.41) is 2.83. The number of fused-ring (bicyclic) bond motifs is 1. The first-order chi connectivity index (χ1) is 20.9. The number of aromatic nitrogens is 7. The molecule has 0 aliphatic rings. The van der Waals surface area contributed by atoms with Crippen LogP contribution in [0.3, 0.4) is 0 Å². The maximum absolute atomic E-state index is 13.3. The van der Waals surface area contributed by atoms with Crippen LogP contribution in [-0.2, 0) is 16.6 Å². The highest BCUT2D eigenvalue weighted by atomic mass is 16.6. The van der Waals surface area contributed by atoms with Crippen molar-refractivity contribution in [3.05, 3.63) is 78.5 Å². The summed E-state index contributed by atoms with van der Waals surface area (Å²) in [5.74, 6) is 6.08. The first-order valence-electron chi connectivity index (χ1n) is 13.9. The molecule has 0 spiro atoms. The van der Waals surface area contributed by atoms with Crippen LogP contribution in [0.25, 0.3) is 28.1 Å². The van der Waals surface area contributed by atoms with Gasteiger partial charge in [0, 0.05) is 37.1 Å². The van der Waals surface area contributed by atoms with Crippen molar-refractivity contribution in [3.63, 3.8) is 0 Å². The van der Waals surface area contributed by atoms with Gasteiger partial charge in [-0.15, -0.1) is 0 Å². The summed E-state index contributed by atoms with van der Waals surface area (Å²) in [4.78, 5) is 49.0. The molecule has 1 N–H and O–H groups in total. The lowest BCUT2D eigenvalue weighted by Gasteiger charge is -2.28. The van der Waals surface area contributed by atoms with E-state index in [2.05, 4.69) is 42.1 Å². The van der Waals surface area contributed by atoms with E-state index in [1.165, 1.54) is 18.3 Å². The Balaban J connectivity index is 1.47. The highest BCUT2D eigenvalue weighted by Gasteiger charge is 2.27. The number of nitrogens with zero attached hydrogens (tertiary/aromatic N) is 8. The van der Waals surface area contributed by atoms with Crippen LogP contribution >= 0.6 is 0 Å². The van der Waals surface area contributed by atoms with Crippen LogP contribution in [-0.4, -0.2) is 69.6 Å². The minimum atomic E-state index is -0.842. The molecule has 2 amide bonds. The minimum absolute atomic E-state index is 0.251. The van der Waals surface area contributed by atoms with Crippen molar-refractivity contribution < 1.29 is 14.3 Å². The van der Waals surface area contributed by atoms with Gasteiger partial charge in [-0.1, -0.05) is 5.92 Å². The molecule has 5 rings (SSSR count). The van der Waals surface area contributed by atoms with Crippen LogP contribution in [0.1, 0.15) is 44.6 Å². The molecule has 1 unspecified atom stereocenters. The van der Waals surface area contributed by atoms with Gasteiger partial charge in [0.2, 0.25) is 5.91 Å². The number of hydrogen-bond donors (Lipinski definition) is 1. The van der Waals surface area contributed by atoms with E-state index in [0.717, 1.165) is 22.5 Å². The number of rotatable bonds is 5. The van der Waals surface area contributed by atoms with Gasteiger partial charge in [0.15, 0.2) is 5.65 Å². The normalized spacial score (nSPS) is 11.9. The van der Waals surface area contributed by atoms with Gasteiger partial charge in [-0.25, -0.2) is 29.7 Å². The van der Waals surface area contributed by atoms with Crippen molar-refractivity contribution in [1.82, 2.24) is 39.0 Å². The van der Waals surface area contributed by atoms with Crippen molar-refractivity contribution >= 4 is 29.0 Å². The summed E-state index contributed by atoms with van der Waals surface area (Å²) in [6.07, 6.45) is 6.21. The van der Waals surface area contributed by atoms with E-state index in [9.17, 15) is 9.59 Å². The third-order valence-corrected chi connectivity index (χ3v) is 6.71. The highest BCUT2D eigenvalue weighted by Crippen LogP contribution is 2.27. The summed E-state index contributed by atoms with van der Waals surface area (Å²) in [7, 11) is 3.37. The largest absolute Gasteiger partial charge is 0.444 e. The van der Waals surface area contributed by atoms with E-state index < -0.39 is 23.6 Å². The van der Waals surface area contributed by atoms with Crippen molar-refractivity contribution in [2.75, 3.05) is 12.4 Å². The van der Waals surface area contributed by atoms with Crippen LogP contribution < -0.4 is 5.32 Å². The Morgan fingerprint density at radius 3 is 2.45 bits per heavy atom. The highest BCUT2D eigenvalue weighted by molar-refractivity contribution is 5.96. The summed E-state index contributed by atoms with van der Waals surface area (Å²) >= 11 is 0. The molecule has 4 heterocycles. The van der Waals surface area contributed by atoms with E-state index in [-0.39, 0.29) is 5.82 Å². The second-order valence-electron chi connectivity index (χ2n) is 11.4. The molecular weight excluding hydrogens is 558 g/mol. The summed E-state index contributed by atoms with van der Waals surface area (Å²) in [6.45, 7) is 8.85. The Morgan fingerprint density at radius 2 is 1.77 bits per heavy atom. The van der Waals surface area contributed by atoms with Gasteiger partial charge >= 0.3 is 6.09 Å². The van der Waals surface area contributed by atoms with Crippen molar-refractivity contribution in [3.8, 4) is 28.8 Å². The number of pyridine rings is 1. The molecule has 0 aliphatic carbocycles. The van der Waals surface area contributed by atoms with E-state index in [1.54, 1.807) is 52.5 Å². The number of ether oxygens (including phenoxy) is 1. The van der Waals surface area contributed by atoms with Crippen LogP contribution in [0.5, 0.6) is 0 Å². The molecule has 12 heteroatoms. The maximum atomic E-state index is 13.3. The second kappa shape index (κ2) is 12.0. The van der Waals surface area contributed by atoms with Gasteiger partial charge in [0.05, 0.1) is 24.0 Å². The molecule has 0 saturated heterocycles. The van der Waals surface area contributed by atoms with E-state index in [0.29, 0.717) is 22.6 Å². The number of nitrogens with one attached hydrogen (secondary N) is 1. The quantitative estimate of drug-likeness (QED) is 0.295. The molecule has 1 aromatic carbocycles. The van der Waals surface area contributed by atoms with Gasteiger partial charge in [0.25, 0.3) is 0 Å². The molecule has 1 atom stereocenters. The fourth-order valence-electron chi connectivity index (χ4n) is 4.31. The molecule has 44 heavy (non-hydrogen) atoms. The number of aryl methyl sites for hydroxylation is 2. The zero-order chi connectivity index (χ0) is 31.6. The first kappa shape index (κ1) is 29.9. The lowest BCUT2D eigenvalue weighted by Crippen LogP contribution is -2.45. The lowest BCUT2D eigenvalue weighted by molar-refractivity contribution is -0.120. The Morgan fingerprint density at radius 1 is 1.02 bits per heavy atom. The lowest BCUT2D eigenvalue weighted by atomic mass is 10.1. The predicted molar refractivity (Wildman–Crippen MR) is 166 cm³/mol. The molecule has 0 aliphatic heterocycles. The molecule has 12 nitrogen and oxygen atoms in total. The van der Waals surface area contributed by atoms with Gasteiger partial charge in [-0.3, -0.25) is 9.69 Å². The average molecular weight is 592 g/mol. The topological polar surface area (TPSA) is 133 Å². The summed E-state index contributed by atoms with van der Waals surface area (Å²) in [6, 6.07) is 10.4. The third-order valence-electron chi connectivity index (χ3n) is 6.71. The number of amides is 2. The van der Waals surface area contributed by atoms with Crippen LogP contribution in [0, 0.1) is 18.8 Å². The molecule has 0 bridgehead atoms. The SMILES string of the molecule is Cc1cn(-c2ccc(C#Cc3cc(-c4ncnc5ncn(C)c45)cc(NC(=O)C(C)N(C)C(=O)OC(C)(C)C)n3)cc2)cn1. The fourth-order valence-corrected chi connectivity index (χ4v) is 4.31. The maximum Gasteiger partial charge on any atom is 0.410 e. The summed E-state index contributed by atoms with van der Waals surface area (Å²) in [5.41, 5.74) is 4.92. The number of anilines is 1. The van der Waals surface area contributed by atoms with Crippen molar-refractivity contribution in [2.24, 2.45) is 7.05 Å². The van der Waals surface area contributed by atoms with Crippen LogP contribution in [0.4, 0.5) is 10.6 Å². The van der Waals surface area contributed by atoms with Gasteiger partial charge in [0.1, 0.15) is 35.0 Å². The number of benzene rings is 1. The van der Waals surface area contributed by atoms with Gasteiger partial charge in [-0.2, -0.15) is 0 Å². The first-order valence-corrected chi connectivity index (χ1v) is 13.9. The smallest absolute Gasteiger partial charge is 0.410 e. The molecule has 0 radical (unpaired) electrons. The number of carbonyl (C=O) groups is 2. The van der Waals surface area contributed by atoms with Crippen LogP contribution in [0.15, 0.2) is 61.6 Å². The molecule has 4 aromatic heterocycles. The molecular formula is C32H33N9O3. The van der Waals surface area contributed by atoms with Crippen molar-refractivity contribution in [1.29, 1.82) is 0 Å².